The molecule has 0 saturated heterocycles. The van der Waals surface area contributed by atoms with Gasteiger partial charge in [0.1, 0.15) is 6.33 Å². The van der Waals surface area contributed by atoms with E-state index in [1.807, 2.05) is 0 Å². The fraction of sp³-hybridized carbons (Fsp3) is 0.182. The van der Waals surface area contributed by atoms with Crippen molar-refractivity contribution in [2.75, 3.05) is 11.4 Å². The number of imidazole rings is 1. The predicted molar refractivity (Wildman–Crippen MR) is 68.2 cm³/mol. The molecule has 0 fully saturated rings. The summed E-state index contributed by atoms with van der Waals surface area (Å²) in [5, 5.41) is 9.70. The molecule has 0 unspecified atom stereocenters. The number of aromatic nitrogens is 2. The number of benzene rings is 1. The van der Waals surface area contributed by atoms with E-state index < -0.39 is 9.84 Å². The maximum atomic E-state index is 11.5. The predicted octanol–water partition coefficient (Wildman–Crippen LogP) is 1.44. The standard InChI is InChI=1S/C11H11N5O2S/c1-19(17,18)10-3-2-9-7-16(14-13-11(9)6-10)15-5-4-12-8-15/h2-6,8H,7H2,1H3. The maximum absolute atomic E-state index is 11.5. The summed E-state index contributed by atoms with van der Waals surface area (Å²) in [7, 11) is -3.22. The fourth-order valence-corrected chi connectivity index (χ4v) is 2.44. The molecular formula is C11H11N5O2S. The van der Waals surface area contributed by atoms with Crippen molar-refractivity contribution in [1.29, 1.82) is 0 Å². The van der Waals surface area contributed by atoms with Crippen LogP contribution < -0.4 is 5.12 Å². The molecule has 1 aliphatic rings. The number of nitrogens with zero attached hydrogens (tertiary/aromatic N) is 5. The maximum Gasteiger partial charge on any atom is 0.175 e. The molecule has 1 aromatic heterocycles. The minimum atomic E-state index is -3.22. The second kappa shape index (κ2) is 4.16. The fourth-order valence-electron chi connectivity index (χ4n) is 1.80. The van der Waals surface area contributed by atoms with Crippen LogP contribution in [0, 0.1) is 0 Å². The van der Waals surface area contributed by atoms with Crippen molar-refractivity contribution in [2.45, 2.75) is 11.4 Å². The van der Waals surface area contributed by atoms with Gasteiger partial charge in [-0.3, -0.25) is 0 Å². The average molecular weight is 277 g/mol. The summed E-state index contributed by atoms with van der Waals surface area (Å²) in [5.74, 6) is 0. The number of hydrogen-bond donors (Lipinski definition) is 0. The second-order valence-corrected chi connectivity index (χ2v) is 6.24. The zero-order chi connectivity index (χ0) is 13.5. The molecule has 19 heavy (non-hydrogen) atoms. The molecular weight excluding hydrogens is 266 g/mol. The van der Waals surface area contributed by atoms with Crippen LogP contribution in [0.2, 0.25) is 0 Å². The summed E-state index contributed by atoms with van der Waals surface area (Å²) < 4.78 is 24.7. The van der Waals surface area contributed by atoms with E-state index in [4.69, 9.17) is 0 Å². The van der Waals surface area contributed by atoms with Gasteiger partial charge in [-0.2, -0.15) is 5.12 Å². The van der Waals surface area contributed by atoms with Gasteiger partial charge in [0.05, 0.1) is 17.1 Å². The van der Waals surface area contributed by atoms with E-state index in [0.717, 1.165) is 5.56 Å². The molecule has 2 aromatic rings. The van der Waals surface area contributed by atoms with Gasteiger partial charge >= 0.3 is 0 Å². The van der Waals surface area contributed by atoms with Gasteiger partial charge in [-0.1, -0.05) is 6.07 Å². The van der Waals surface area contributed by atoms with Crippen molar-refractivity contribution in [3.05, 3.63) is 42.5 Å². The molecule has 0 saturated carbocycles. The average Bonchev–Trinajstić information content (AvgIpc) is 2.90. The quantitative estimate of drug-likeness (QED) is 0.831. The molecule has 3 rings (SSSR count). The summed E-state index contributed by atoms with van der Waals surface area (Å²) in [6.45, 7) is 0.513. The highest BCUT2D eigenvalue weighted by Gasteiger charge is 2.17. The summed E-state index contributed by atoms with van der Waals surface area (Å²) in [4.78, 5) is 4.19. The minimum Gasteiger partial charge on any atom is -0.243 e. The largest absolute Gasteiger partial charge is 0.243 e. The molecule has 0 aliphatic carbocycles. The van der Waals surface area contributed by atoms with Crippen LogP contribution in [0.4, 0.5) is 5.69 Å². The molecule has 98 valence electrons. The summed E-state index contributed by atoms with van der Waals surface area (Å²) in [6, 6.07) is 4.88. The molecule has 0 amide bonds. The van der Waals surface area contributed by atoms with Crippen molar-refractivity contribution >= 4 is 15.5 Å². The Morgan fingerprint density at radius 2 is 2.16 bits per heavy atom. The molecule has 2 heterocycles. The first-order chi connectivity index (χ1) is 9.04. The first-order valence-electron chi connectivity index (χ1n) is 5.54. The zero-order valence-electron chi connectivity index (χ0n) is 10.1. The van der Waals surface area contributed by atoms with Gasteiger partial charge in [0.15, 0.2) is 9.84 Å². The van der Waals surface area contributed by atoms with E-state index >= 15 is 0 Å². The Morgan fingerprint density at radius 1 is 1.32 bits per heavy atom. The number of sulfone groups is 1. The molecule has 0 spiro atoms. The van der Waals surface area contributed by atoms with Gasteiger partial charge in [-0.15, -0.1) is 5.11 Å². The number of rotatable bonds is 2. The molecule has 8 heteroatoms. The lowest BCUT2D eigenvalue weighted by Gasteiger charge is -2.22. The van der Waals surface area contributed by atoms with Crippen LogP contribution in [0.15, 0.2) is 52.2 Å². The van der Waals surface area contributed by atoms with Crippen LogP contribution >= 0.6 is 0 Å². The van der Waals surface area contributed by atoms with Crippen LogP contribution in [-0.4, -0.2) is 24.3 Å². The highest BCUT2D eigenvalue weighted by Crippen LogP contribution is 2.28. The van der Waals surface area contributed by atoms with E-state index in [-0.39, 0.29) is 4.90 Å². The third-order valence-corrected chi connectivity index (χ3v) is 3.92. The Bertz CT molecular complexity index is 736. The monoisotopic (exact) mass is 277 g/mol. The van der Waals surface area contributed by atoms with E-state index in [0.29, 0.717) is 12.2 Å². The van der Waals surface area contributed by atoms with E-state index in [1.165, 1.54) is 6.26 Å². The van der Waals surface area contributed by atoms with Gasteiger partial charge in [0, 0.05) is 24.2 Å². The van der Waals surface area contributed by atoms with Crippen LogP contribution in [0.5, 0.6) is 0 Å². The molecule has 0 atom stereocenters. The van der Waals surface area contributed by atoms with E-state index in [1.54, 1.807) is 46.7 Å². The Balaban J connectivity index is 1.97. The first kappa shape index (κ1) is 11.8. The molecule has 0 radical (unpaired) electrons. The highest BCUT2D eigenvalue weighted by molar-refractivity contribution is 7.90. The van der Waals surface area contributed by atoms with Crippen molar-refractivity contribution in [3.63, 3.8) is 0 Å². The SMILES string of the molecule is CS(=O)(=O)c1ccc2c(c1)N=NN(n1ccnc1)C2. The van der Waals surface area contributed by atoms with Gasteiger partial charge in [0.25, 0.3) is 0 Å². The smallest absolute Gasteiger partial charge is 0.175 e. The third kappa shape index (κ3) is 2.22. The van der Waals surface area contributed by atoms with Crippen LogP contribution in [0.1, 0.15) is 5.56 Å². The Labute approximate surface area is 110 Å². The van der Waals surface area contributed by atoms with Crippen molar-refractivity contribution in [2.24, 2.45) is 10.3 Å². The molecule has 1 aromatic carbocycles. The highest BCUT2D eigenvalue weighted by atomic mass is 32.2. The summed E-state index contributed by atoms with van der Waals surface area (Å²) in [5.41, 5.74) is 1.50. The van der Waals surface area contributed by atoms with Crippen LogP contribution in [-0.2, 0) is 16.4 Å². The van der Waals surface area contributed by atoms with Gasteiger partial charge in [-0.25, -0.2) is 18.1 Å². The topological polar surface area (TPSA) is 79.9 Å². The molecule has 1 aliphatic heterocycles. The molecule has 0 bridgehead atoms. The van der Waals surface area contributed by atoms with Gasteiger partial charge in [-0.05, 0) is 17.4 Å². The third-order valence-electron chi connectivity index (χ3n) is 2.81. The normalized spacial score (nSPS) is 14.5. The molecule has 7 nitrogen and oxygen atoms in total. The van der Waals surface area contributed by atoms with Crippen molar-refractivity contribution in [1.82, 2.24) is 9.66 Å². The Morgan fingerprint density at radius 3 is 2.84 bits per heavy atom. The van der Waals surface area contributed by atoms with Crippen LogP contribution in [0.25, 0.3) is 0 Å². The van der Waals surface area contributed by atoms with Crippen LogP contribution in [0.3, 0.4) is 0 Å². The minimum absolute atomic E-state index is 0.251. The van der Waals surface area contributed by atoms with Crippen molar-refractivity contribution in [3.8, 4) is 0 Å². The lowest BCUT2D eigenvalue weighted by molar-refractivity contribution is 0.565. The van der Waals surface area contributed by atoms with Gasteiger partial charge < -0.3 is 0 Å². The van der Waals surface area contributed by atoms with E-state index in [9.17, 15) is 8.42 Å². The number of fused-ring (bicyclic) bond motifs is 1. The summed E-state index contributed by atoms with van der Waals surface area (Å²) in [6.07, 6.45) is 6.20. The molecule has 0 N–H and O–H groups in total. The number of hydrogen-bond acceptors (Lipinski definition) is 6. The Hall–Kier alpha value is -2.22. The lowest BCUT2D eigenvalue weighted by atomic mass is 10.2. The Kier molecular flexibility index (Phi) is 2.59. The lowest BCUT2D eigenvalue weighted by Crippen LogP contribution is -2.28. The summed E-state index contributed by atoms with van der Waals surface area (Å²) >= 11 is 0. The van der Waals surface area contributed by atoms with E-state index in [2.05, 4.69) is 15.3 Å². The second-order valence-electron chi connectivity index (χ2n) is 4.23. The zero-order valence-corrected chi connectivity index (χ0v) is 10.9. The first-order valence-corrected chi connectivity index (χ1v) is 7.43. The van der Waals surface area contributed by atoms with Crippen molar-refractivity contribution < 1.29 is 8.42 Å². The van der Waals surface area contributed by atoms with Gasteiger partial charge in [0.2, 0.25) is 0 Å².